The summed E-state index contributed by atoms with van der Waals surface area (Å²) in [5, 5.41) is 13.8. The number of rotatable bonds is 6. The predicted octanol–water partition coefficient (Wildman–Crippen LogP) is 4.61. The molecule has 0 aliphatic rings. The van der Waals surface area contributed by atoms with E-state index in [1.807, 2.05) is 29.6 Å². The molecule has 3 rings (SSSR count). The molecule has 0 spiro atoms. The second-order valence-electron chi connectivity index (χ2n) is 5.32. The minimum atomic E-state index is -0.411. The van der Waals surface area contributed by atoms with Crippen LogP contribution in [0, 0.1) is 17.0 Å². The summed E-state index contributed by atoms with van der Waals surface area (Å²) in [5.41, 5.74) is 2.31. The lowest BCUT2D eigenvalue weighted by molar-refractivity contribution is -0.385. The minimum Gasteiger partial charge on any atom is -0.497 e. The van der Waals surface area contributed by atoms with Crippen LogP contribution in [0.5, 0.6) is 11.5 Å². The van der Waals surface area contributed by atoms with Crippen LogP contribution in [0.25, 0.3) is 10.6 Å². The Labute approximate surface area is 148 Å². The molecule has 25 heavy (non-hydrogen) atoms. The average Bonchev–Trinajstić information content (AvgIpc) is 3.09. The molecule has 0 saturated carbocycles. The Morgan fingerprint density at radius 2 is 2.04 bits per heavy atom. The van der Waals surface area contributed by atoms with Crippen LogP contribution in [0.1, 0.15) is 11.3 Å². The number of hydrogen-bond donors (Lipinski definition) is 0. The summed E-state index contributed by atoms with van der Waals surface area (Å²) in [7, 11) is 1.63. The number of hydrogen-bond acceptors (Lipinski definition) is 6. The number of aromatic nitrogens is 1. The van der Waals surface area contributed by atoms with Crippen LogP contribution >= 0.6 is 11.3 Å². The SMILES string of the molecule is COc1cccc(-c2nc(COc3cccc([N+](=O)[O-])c3C)cs2)c1. The Kier molecular flexibility index (Phi) is 4.95. The van der Waals surface area contributed by atoms with Crippen molar-refractivity contribution in [2.24, 2.45) is 0 Å². The van der Waals surface area contributed by atoms with Gasteiger partial charge in [0.25, 0.3) is 5.69 Å². The molecule has 0 unspecified atom stereocenters. The number of nitrogens with zero attached hydrogens (tertiary/aromatic N) is 2. The fraction of sp³-hybridized carbons (Fsp3) is 0.167. The molecule has 0 atom stereocenters. The summed E-state index contributed by atoms with van der Waals surface area (Å²) in [6.07, 6.45) is 0. The normalized spacial score (nSPS) is 10.5. The summed E-state index contributed by atoms with van der Waals surface area (Å²) < 4.78 is 11.0. The van der Waals surface area contributed by atoms with Gasteiger partial charge < -0.3 is 9.47 Å². The fourth-order valence-electron chi connectivity index (χ4n) is 2.37. The first-order valence-corrected chi connectivity index (χ1v) is 8.42. The molecule has 2 aromatic carbocycles. The van der Waals surface area contributed by atoms with Crippen LogP contribution in [0.4, 0.5) is 5.69 Å². The van der Waals surface area contributed by atoms with Crippen molar-refractivity contribution in [3.63, 3.8) is 0 Å². The second-order valence-corrected chi connectivity index (χ2v) is 6.18. The number of nitro groups is 1. The van der Waals surface area contributed by atoms with Crippen molar-refractivity contribution in [2.75, 3.05) is 7.11 Å². The number of thiazole rings is 1. The van der Waals surface area contributed by atoms with Gasteiger partial charge in [0.05, 0.1) is 23.3 Å². The highest BCUT2D eigenvalue weighted by molar-refractivity contribution is 7.13. The van der Waals surface area contributed by atoms with Gasteiger partial charge in [-0.3, -0.25) is 10.1 Å². The van der Waals surface area contributed by atoms with Gasteiger partial charge in [0.2, 0.25) is 0 Å². The average molecular weight is 356 g/mol. The number of methoxy groups -OCH3 is 1. The molecule has 0 amide bonds. The van der Waals surface area contributed by atoms with Gasteiger partial charge in [-0.05, 0) is 25.1 Å². The van der Waals surface area contributed by atoms with Crippen molar-refractivity contribution in [1.29, 1.82) is 0 Å². The Morgan fingerprint density at radius 1 is 1.24 bits per heavy atom. The zero-order valence-electron chi connectivity index (χ0n) is 13.8. The maximum Gasteiger partial charge on any atom is 0.276 e. The van der Waals surface area contributed by atoms with Gasteiger partial charge >= 0.3 is 0 Å². The first kappa shape index (κ1) is 16.9. The van der Waals surface area contributed by atoms with Crippen molar-refractivity contribution in [3.05, 3.63) is 69.2 Å². The molecule has 3 aromatic rings. The third-order valence-corrected chi connectivity index (χ3v) is 4.64. The lowest BCUT2D eigenvalue weighted by Crippen LogP contribution is -1.99. The summed E-state index contributed by atoms with van der Waals surface area (Å²) in [6, 6.07) is 12.5. The van der Waals surface area contributed by atoms with Gasteiger partial charge in [-0.25, -0.2) is 4.98 Å². The first-order chi connectivity index (χ1) is 12.1. The lowest BCUT2D eigenvalue weighted by Gasteiger charge is -2.07. The molecular formula is C18H16N2O4S. The van der Waals surface area contributed by atoms with Crippen LogP contribution < -0.4 is 9.47 Å². The van der Waals surface area contributed by atoms with E-state index < -0.39 is 4.92 Å². The van der Waals surface area contributed by atoms with E-state index in [0.717, 1.165) is 22.0 Å². The van der Waals surface area contributed by atoms with E-state index in [-0.39, 0.29) is 12.3 Å². The molecule has 0 saturated heterocycles. The monoisotopic (exact) mass is 356 g/mol. The van der Waals surface area contributed by atoms with Crippen molar-refractivity contribution in [2.45, 2.75) is 13.5 Å². The molecule has 0 fully saturated rings. The molecule has 1 aromatic heterocycles. The fourth-order valence-corrected chi connectivity index (χ4v) is 3.17. The third kappa shape index (κ3) is 3.77. The van der Waals surface area contributed by atoms with E-state index in [2.05, 4.69) is 4.98 Å². The maximum absolute atomic E-state index is 11.0. The van der Waals surface area contributed by atoms with Crippen LogP contribution in [0.3, 0.4) is 0 Å². The smallest absolute Gasteiger partial charge is 0.276 e. The molecule has 0 aliphatic heterocycles. The van der Waals surface area contributed by atoms with Gasteiger partial charge in [-0.15, -0.1) is 11.3 Å². The van der Waals surface area contributed by atoms with Gasteiger partial charge in [0.15, 0.2) is 0 Å². The second kappa shape index (κ2) is 7.31. The van der Waals surface area contributed by atoms with Crippen LogP contribution in [-0.2, 0) is 6.61 Å². The van der Waals surface area contributed by atoms with Crippen molar-refractivity contribution in [3.8, 4) is 22.1 Å². The van der Waals surface area contributed by atoms with Gasteiger partial charge in [0, 0.05) is 17.0 Å². The Hall–Kier alpha value is -2.93. The van der Waals surface area contributed by atoms with E-state index in [9.17, 15) is 10.1 Å². The Balaban J connectivity index is 1.74. The van der Waals surface area contributed by atoms with Gasteiger partial charge in [-0.1, -0.05) is 18.2 Å². The van der Waals surface area contributed by atoms with Crippen molar-refractivity contribution in [1.82, 2.24) is 4.98 Å². The largest absolute Gasteiger partial charge is 0.497 e. The van der Waals surface area contributed by atoms with E-state index in [0.29, 0.717) is 11.3 Å². The minimum absolute atomic E-state index is 0.0489. The van der Waals surface area contributed by atoms with Crippen LogP contribution in [0.2, 0.25) is 0 Å². The van der Waals surface area contributed by atoms with Crippen LogP contribution in [0.15, 0.2) is 47.8 Å². The number of nitro benzene ring substituents is 1. The van der Waals surface area contributed by atoms with E-state index >= 15 is 0 Å². The Morgan fingerprint density at radius 3 is 2.80 bits per heavy atom. The number of benzene rings is 2. The summed E-state index contributed by atoms with van der Waals surface area (Å²) in [6.45, 7) is 1.93. The molecule has 0 bridgehead atoms. The van der Waals surface area contributed by atoms with Crippen molar-refractivity contribution >= 4 is 17.0 Å². The summed E-state index contributed by atoms with van der Waals surface area (Å²) in [4.78, 5) is 15.1. The third-order valence-electron chi connectivity index (χ3n) is 3.70. The maximum atomic E-state index is 11.0. The van der Waals surface area contributed by atoms with Gasteiger partial charge in [-0.2, -0.15) is 0 Å². The van der Waals surface area contributed by atoms with Crippen LogP contribution in [-0.4, -0.2) is 17.0 Å². The topological polar surface area (TPSA) is 74.5 Å². The molecular weight excluding hydrogens is 340 g/mol. The molecule has 0 aliphatic carbocycles. The quantitative estimate of drug-likeness (QED) is 0.476. The van der Waals surface area contributed by atoms with Crippen molar-refractivity contribution < 1.29 is 14.4 Å². The summed E-state index contributed by atoms with van der Waals surface area (Å²) in [5.74, 6) is 1.27. The summed E-state index contributed by atoms with van der Waals surface area (Å²) >= 11 is 1.51. The highest BCUT2D eigenvalue weighted by Gasteiger charge is 2.14. The molecule has 1 heterocycles. The molecule has 0 N–H and O–H groups in total. The molecule has 0 radical (unpaired) electrons. The molecule has 128 valence electrons. The highest BCUT2D eigenvalue weighted by atomic mass is 32.1. The zero-order valence-corrected chi connectivity index (χ0v) is 14.6. The molecule has 7 heteroatoms. The van der Waals surface area contributed by atoms with E-state index in [1.54, 1.807) is 26.2 Å². The lowest BCUT2D eigenvalue weighted by atomic mass is 10.2. The van der Waals surface area contributed by atoms with E-state index in [1.165, 1.54) is 17.4 Å². The highest BCUT2D eigenvalue weighted by Crippen LogP contribution is 2.29. The Bertz CT molecular complexity index is 908. The zero-order chi connectivity index (χ0) is 17.8. The molecule has 6 nitrogen and oxygen atoms in total. The number of ether oxygens (including phenoxy) is 2. The first-order valence-electron chi connectivity index (χ1n) is 7.54. The van der Waals surface area contributed by atoms with Gasteiger partial charge in [0.1, 0.15) is 23.1 Å². The van der Waals surface area contributed by atoms with E-state index in [4.69, 9.17) is 9.47 Å². The standard InChI is InChI=1S/C18H16N2O4S/c1-12-16(20(21)22)7-4-8-17(12)24-10-14-11-25-18(19-14)13-5-3-6-15(9-13)23-2/h3-9,11H,10H2,1-2H3. The predicted molar refractivity (Wildman–Crippen MR) is 96.3 cm³/mol.